The second kappa shape index (κ2) is 5.17. The number of hydrogen-bond acceptors (Lipinski definition) is 1. The fourth-order valence-corrected chi connectivity index (χ4v) is 0.986. The quantitative estimate of drug-likeness (QED) is 0.611. The van der Waals surface area contributed by atoms with E-state index in [9.17, 15) is 17.6 Å². The third-order valence-corrected chi connectivity index (χ3v) is 1.60. The van der Waals surface area contributed by atoms with Crippen LogP contribution in [0.25, 0.3) is 0 Å². The first kappa shape index (κ1) is 13.2. The molecule has 0 fully saturated rings. The number of hydrogen-bond donors (Lipinski definition) is 1. The Morgan fingerprint density at radius 2 is 1.43 bits per heavy atom. The van der Waals surface area contributed by atoms with Gasteiger partial charge in [-0.05, 0) is 13.0 Å². The van der Waals surface area contributed by atoms with Crippen molar-refractivity contribution in [3.8, 4) is 0 Å². The summed E-state index contributed by atoms with van der Waals surface area (Å²) in [6.45, 7) is -0.0727. The summed E-state index contributed by atoms with van der Waals surface area (Å²) in [7, 11) is 0. The summed E-state index contributed by atoms with van der Waals surface area (Å²) in [4.78, 5) is 0. The molecule has 0 aliphatic carbocycles. The summed E-state index contributed by atoms with van der Waals surface area (Å²) in [5, 5.41) is 0. The summed E-state index contributed by atoms with van der Waals surface area (Å²) in [5.41, 5.74) is 4.38. The highest BCUT2D eigenvalue weighted by Crippen LogP contribution is 2.19. The maximum Gasteiger partial charge on any atom is 0.165 e. The van der Waals surface area contributed by atoms with E-state index in [4.69, 9.17) is 5.73 Å². The molecule has 0 unspecified atom stereocenters. The summed E-state index contributed by atoms with van der Waals surface area (Å²) in [6.07, 6.45) is -0.230. The van der Waals surface area contributed by atoms with Crippen molar-refractivity contribution in [1.82, 2.24) is 0 Å². The molecule has 1 aromatic rings. The molecular formula is C8H8ClF4N. The van der Waals surface area contributed by atoms with Gasteiger partial charge in [0.2, 0.25) is 0 Å². The van der Waals surface area contributed by atoms with Crippen molar-refractivity contribution >= 4 is 12.4 Å². The lowest BCUT2D eigenvalue weighted by atomic mass is 10.1. The fourth-order valence-electron chi connectivity index (χ4n) is 0.986. The molecule has 0 aliphatic rings. The maximum absolute atomic E-state index is 12.8. The van der Waals surface area contributed by atoms with Crippen LogP contribution in [0.2, 0.25) is 0 Å². The SMILES string of the molecule is Cl.NCCc1c(F)c(F)cc(F)c1F. The number of rotatable bonds is 2. The van der Waals surface area contributed by atoms with Crippen LogP contribution in [0.4, 0.5) is 17.6 Å². The maximum atomic E-state index is 12.8. The first-order valence-electron chi connectivity index (χ1n) is 3.60. The van der Waals surface area contributed by atoms with Crippen molar-refractivity contribution in [3.63, 3.8) is 0 Å². The molecule has 0 saturated carbocycles. The molecule has 1 aromatic carbocycles. The highest BCUT2D eigenvalue weighted by molar-refractivity contribution is 5.85. The zero-order valence-electron chi connectivity index (χ0n) is 6.99. The second-order valence-corrected chi connectivity index (χ2v) is 2.49. The van der Waals surface area contributed by atoms with Gasteiger partial charge in [-0.25, -0.2) is 17.6 Å². The zero-order chi connectivity index (χ0) is 10.0. The minimum Gasteiger partial charge on any atom is -0.330 e. The van der Waals surface area contributed by atoms with Gasteiger partial charge in [0, 0.05) is 11.6 Å². The van der Waals surface area contributed by atoms with Gasteiger partial charge in [0.1, 0.15) is 0 Å². The lowest BCUT2D eigenvalue weighted by Crippen LogP contribution is -2.09. The second-order valence-electron chi connectivity index (χ2n) is 2.49. The molecule has 6 heteroatoms. The molecular weight excluding hydrogens is 222 g/mol. The average Bonchev–Trinajstić information content (AvgIpc) is 2.09. The van der Waals surface area contributed by atoms with Crippen LogP contribution in [0.1, 0.15) is 5.56 Å². The minimum atomic E-state index is -1.40. The average molecular weight is 230 g/mol. The van der Waals surface area contributed by atoms with Crippen molar-refractivity contribution in [2.45, 2.75) is 6.42 Å². The molecule has 1 rings (SSSR count). The monoisotopic (exact) mass is 229 g/mol. The van der Waals surface area contributed by atoms with E-state index in [1.807, 2.05) is 0 Å². The first-order valence-corrected chi connectivity index (χ1v) is 3.60. The Balaban J connectivity index is 0.00000169. The molecule has 0 heterocycles. The number of benzene rings is 1. The van der Waals surface area contributed by atoms with Crippen molar-refractivity contribution in [1.29, 1.82) is 0 Å². The highest BCUT2D eigenvalue weighted by Gasteiger charge is 2.17. The predicted octanol–water partition coefficient (Wildman–Crippen LogP) is 2.17. The van der Waals surface area contributed by atoms with Gasteiger partial charge in [0.15, 0.2) is 23.3 Å². The van der Waals surface area contributed by atoms with E-state index in [0.29, 0.717) is 0 Å². The molecule has 0 bridgehead atoms. The van der Waals surface area contributed by atoms with Crippen LogP contribution in [0.3, 0.4) is 0 Å². The standard InChI is InChI=1S/C8H7F4N.ClH/c9-5-3-6(10)8(12)4(1-2-13)7(5)11;/h3H,1-2,13H2;1H. The van der Waals surface area contributed by atoms with Crippen molar-refractivity contribution < 1.29 is 17.6 Å². The third-order valence-electron chi connectivity index (χ3n) is 1.60. The van der Waals surface area contributed by atoms with Crippen LogP contribution in [0.5, 0.6) is 0 Å². The molecule has 1 nitrogen and oxygen atoms in total. The predicted molar refractivity (Wildman–Crippen MR) is 46.3 cm³/mol. The first-order chi connectivity index (χ1) is 6.07. The van der Waals surface area contributed by atoms with Gasteiger partial charge in [-0.1, -0.05) is 0 Å². The van der Waals surface area contributed by atoms with E-state index in [1.165, 1.54) is 0 Å². The molecule has 0 spiro atoms. The van der Waals surface area contributed by atoms with Crippen molar-refractivity contribution in [2.24, 2.45) is 5.73 Å². The lowest BCUT2D eigenvalue weighted by Gasteiger charge is -2.04. The molecule has 0 atom stereocenters. The van der Waals surface area contributed by atoms with Crippen LogP contribution in [0, 0.1) is 23.3 Å². The molecule has 0 saturated heterocycles. The Bertz CT molecular complexity index is 303. The Morgan fingerprint density at radius 1 is 1.00 bits per heavy atom. The van der Waals surface area contributed by atoms with Gasteiger partial charge in [-0.3, -0.25) is 0 Å². The van der Waals surface area contributed by atoms with Gasteiger partial charge in [-0.15, -0.1) is 12.4 Å². The van der Waals surface area contributed by atoms with E-state index in [0.717, 1.165) is 0 Å². The van der Waals surface area contributed by atoms with Crippen molar-refractivity contribution in [3.05, 3.63) is 34.9 Å². The number of halogens is 5. The number of nitrogens with two attached hydrogens (primary N) is 1. The van der Waals surface area contributed by atoms with Gasteiger partial charge >= 0.3 is 0 Å². The zero-order valence-corrected chi connectivity index (χ0v) is 7.81. The molecule has 0 amide bonds. The van der Waals surface area contributed by atoms with Gasteiger partial charge in [0.25, 0.3) is 0 Å². The largest absolute Gasteiger partial charge is 0.330 e. The van der Waals surface area contributed by atoms with E-state index in [-0.39, 0.29) is 31.4 Å². The Morgan fingerprint density at radius 3 is 1.79 bits per heavy atom. The van der Waals surface area contributed by atoms with Crippen LogP contribution in [-0.4, -0.2) is 6.54 Å². The van der Waals surface area contributed by atoms with Crippen LogP contribution in [0.15, 0.2) is 6.07 Å². The minimum absolute atomic E-state index is 0. The summed E-state index contributed by atoms with van der Waals surface area (Å²) in [5.74, 6) is -5.54. The highest BCUT2D eigenvalue weighted by atomic mass is 35.5. The molecule has 0 radical (unpaired) electrons. The Hall–Kier alpha value is -0.810. The van der Waals surface area contributed by atoms with Gasteiger partial charge in [-0.2, -0.15) is 0 Å². The summed E-state index contributed by atoms with van der Waals surface area (Å²) >= 11 is 0. The molecule has 0 aromatic heterocycles. The molecule has 14 heavy (non-hydrogen) atoms. The van der Waals surface area contributed by atoms with Crippen LogP contribution in [-0.2, 0) is 6.42 Å². The van der Waals surface area contributed by atoms with E-state index >= 15 is 0 Å². The molecule has 0 aliphatic heterocycles. The van der Waals surface area contributed by atoms with Crippen molar-refractivity contribution in [2.75, 3.05) is 6.54 Å². The van der Waals surface area contributed by atoms with Gasteiger partial charge < -0.3 is 5.73 Å². The topological polar surface area (TPSA) is 26.0 Å². The lowest BCUT2D eigenvalue weighted by molar-refractivity contribution is 0.439. The third kappa shape index (κ3) is 2.36. The van der Waals surface area contributed by atoms with E-state index in [1.54, 1.807) is 0 Å². The van der Waals surface area contributed by atoms with E-state index in [2.05, 4.69) is 0 Å². The normalized spacial score (nSPS) is 9.79. The van der Waals surface area contributed by atoms with E-state index < -0.39 is 28.8 Å². The molecule has 80 valence electrons. The van der Waals surface area contributed by atoms with Gasteiger partial charge in [0.05, 0.1) is 0 Å². The molecule has 2 N–H and O–H groups in total. The smallest absolute Gasteiger partial charge is 0.165 e. The summed E-state index contributed by atoms with van der Waals surface area (Å²) < 4.78 is 50.6. The van der Waals surface area contributed by atoms with Crippen LogP contribution < -0.4 is 5.73 Å². The Kier molecular flexibility index (Phi) is 4.87. The fraction of sp³-hybridized carbons (Fsp3) is 0.250. The summed E-state index contributed by atoms with van der Waals surface area (Å²) in [6, 6.07) is 0.171. The van der Waals surface area contributed by atoms with Crippen LogP contribution >= 0.6 is 12.4 Å². The Labute approximate surface area is 84.3 Å².